The van der Waals surface area contributed by atoms with Crippen LogP contribution in [-0.2, 0) is 14.8 Å². The third kappa shape index (κ3) is 3.79. The Morgan fingerprint density at radius 2 is 2.19 bits per heavy atom. The van der Waals surface area contributed by atoms with E-state index in [0.717, 1.165) is 37.3 Å². The number of hydrogen-bond acceptors (Lipinski definition) is 7. The first-order chi connectivity index (χ1) is 9.88. The second-order valence-electron chi connectivity index (χ2n) is 5.37. The van der Waals surface area contributed by atoms with E-state index in [2.05, 4.69) is 26.7 Å². The van der Waals surface area contributed by atoms with Gasteiger partial charge in [-0.3, -0.25) is 0 Å². The van der Waals surface area contributed by atoms with Gasteiger partial charge in [-0.2, -0.15) is 0 Å². The minimum Gasteiger partial charge on any atom is -0.464 e. The minimum atomic E-state index is -3.76. The molecule has 0 spiro atoms. The molecule has 0 atom stereocenters. The highest BCUT2D eigenvalue weighted by molar-refractivity contribution is 7.91. The molecule has 2 heterocycles. The van der Waals surface area contributed by atoms with E-state index < -0.39 is 16.0 Å². The maximum absolute atomic E-state index is 12.4. The van der Waals surface area contributed by atoms with Crippen LogP contribution in [0.25, 0.3) is 0 Å². The lowest BCUT2D eigenvalue weighted by Crippen LogP contribution is -2.42. The van der Waals surface area contributed by atoms with E-state index in [1.165, 1.54) is 12.6 Å². The van der Waals surface area contributed by atoms with Gasteiger partial charge in [-0.05, 0) is 31.3 Å². The van der Waals surface area contributed by atoms with Crippen molar-refractivity contribution in [2.24, 2.45) is 5.41 Å². The molecule has 2 N–H and O–H groups in total. The standard InChI is InChI=1S/C12H19N3O4S2/c1-12(3-5-13-6-4-12)7-15-21(17,18)11-9(10(16)19-2)14-8-20-11/h8,13,15H,3-7H2,1-2H3. The summed E-state index contributed by atoms with van der Waals surface area (Å²) in [5.41, 5.74) is 1.09. The van der Waals surface area contributed by atoms with Crippen LogP contribution < -0.4 is 10.0 Å². The molecule has 7 nitrogen and oxygen atoms in total. The molecule has 0 aliphatic carbocycles. The van der Waals surface area contributed by atoms with Gasteiger partial charge in [0.2, 0.25) is 0 Å². The van der Waals surface area contributed by atoms with Crippen molar-refractivity contribution >= 4 is 27.3 Å². The van der Waals surface area contributed by atoms with Gasteiger partial charge in [-0.25, -0.2) is 22.9 Å². The molecular weight excluding hydrogens is 314 g/mol. The number of carbonyl (C=O) groups excluding carboxylic acids is 1. The summed E-state index contributed by atoms with van der Waals surface area (Å²) in [5, 5.41) is 3.25. The molecule has 1 aliphatic rings. The largest absolute Gasteiger partial charge is 0.464 e. The van der Waals surface area contributed by atoms with Crippen LogP contribution in [0.2, 0.25) is 0 Å². The van der Waals surface area contributed by atoms with E-state index in [-0.39, 0.29) is 15.3 Å². The predicted molar refractivity (Wildman–Crippen MR) is 78.9 cm³/mol. The van der Waals surface area contributed by atoms with E-state index in [9.17, 15) is 13.2 Å². The van der Waals surface area contributed by atoms with Gasteiger partial charge in [0.25, 0.3) is 10.0 Å². The fraction of sp³-hybridized carbons (Fsp3) is 0.667. The smallest absolute Gasteiger partial charge is 0.358 e. The van der Waals surface area contributed by atoms with Crippen molar-refractivity contribution < 1.29 is 17.9 Å². The maximum atomic E-state index is 12.4. The highest BCUT2D eigenvalue weighted by Crippen LogP contribution is 2.28. The number of rotatable bonds is 5. The Morgan fingerprint density at radius 1 is 1.52 bits per heavy atom. The molecule has 1 saturated heterocycles. The van der Waals surface area contributed by atoms with Crippen molar-refractivity contribution in [1.29, 1.82) is 0 Å². The molecule has 1 aromatic rings. The molecule has 0 amide bonds. The van der Waals surface area contributed by atoms with Gasteiger partial charge >= 0.3 is 5.97 Å². The van der Waals surface area contributed by atoms with Crippen molar-refractivity contribution in [2.45, 2.75) is 24.0 Å². The van der Waals surface area contributed by atoms with Crippen molar-refractivity contribution in [3.8, 4) is 0 Å². The van der Waals surface area contributed by atoms with Crippen LogP contribution in [0.3, 0.4) is 0 Å². The number of thiazole rings is 1. The Labute approximate surface area is 128 Å². The number of esters is 1. The third-order valence-corrected chi connectivity index (χ3v) is 6.43. The Hall–Kier alpha value is -1.03. The van der Waals surface area contributed by atoms with E-state index in [1.54, 1.807) is 0 Å². The normalized spacial score (nSPS) is 18.4. The average Bonchev–Trinajstić information content (AvgIpc) is 2.96. The van der Waals surface area contributed by atoms with Crippen LogP contribution in [0.5, 0.6) is 0 Å². The molecule has 0 unspecified atom stereocenters. The highest BCUT2D eigenvalue weighted by Gasteiger charge is 2.31. The van der Waals surface area contributed by atoms with E-state index in [1.807, 2.05) is 0 Å². The fourth-order valence-corrected chi connectivity index (χ4v) is 4.57. The average molecular weight is 333 g/mol. The van der Waals surface area contributed by atoms with Gasteiger partial charge in [0, 0.05) is 6.54 Å². The van der Waals surface area contributed by atoms with Crippen molar-refractivity contribution in [3.63, 3.8) is 0 Å². The summed E-state index contributed by atoms with van der Waals surface area (Å²) in [6, 6.07) is 0. The molecule has 21 heavy (non-hydrogen) atoms. The lowest BCUT2D eigenvalue weighted by Gasteiger charge is -2.33. The van der Waals surface area contributed by atoms with Crippen LogP contribution in [0.15, 0.2) is 9.72 Å². The number of piperidine rings is 1. The first-order valence-electron chi connectivity index (χ1n) is 6.60. The molecule has 0 bridgehead atoms. The Morgan fingerprint density at radius 3 is 2.81 bits per heavy atom. The Bertz CT molecular complexity index is 606. The second kappa shape index (κ2) is 6.39. The summed E-state index contributed by atoms with van der Waals surface area (Å²) >= 11 is 0.911. The molecule has 2 rings (SSSR count). The molecule has 1 aromatic heterocycles. The molecule has 0 saturated carbocycles. The monoisotopic (exact) mass is 333 g/mol. The van der Waals surface area contributed by atoms with Gasteiger partial charge in [0.15, 0.2) is 9.90 Å². The van der Waals surface area contributed by atoms with Crippen molar-refractivity contribution in [1.82, 2.24) is 15.0 Å². The summed E-state index contributed by atoms with van der Waals surface area (Å²) in [5.74, 6) is -0.746. The number of ether oxygens (including phenoxy) is 1. The number of methoxy groups -OCH3 is 1. The van der Waals surface area contributed by atoms with E-state index in [4.69, 9.17) is 0 Å². The number of hydrogen-bond donors (Lipinski definition) is 2. The summed E-state index contributed by atoms with van der Waals surface area (Å²) in [4.78, 5) is 15.3. The first-order valence-corrected chi connectivity index (χ1v) is 8.96. The molecule has 0 aromatic carbocycles. The zero-order valence-electron chi connectivity index (χ0n) is 12.0. The zero-order valence-corrected chi connectivity index (χ0v) is 13.6. The van der Waals surface area contributed by atoms with Crippen molar-refractivity contribution in [3.05, 3.63) is 11.2 Å². The molecular formula is C12H19N3O4S2. The minimum absolute atomic E-state index is 0.0750. The van der Waals surface area contributed by atoms with Crippen LogP contribution in [0.1, 0.15) is 30.3 Å². The summed E-state index contributed by atoms with van der Waals surface area (Å²) < 4.78 is 31.8. The molecule has 118 valence electrons. The first kappa shape index (κ1) is 16.3. The number of carbonyl (C=O) groups is 1. The molecule has 0 radical (unpaired) electrons. The predicted octanol–water partition coefficient (Wildman–Crippen LogP) is 0.598. The summed E-state index contributed by atoms with van der Waals surface area (Å²) in [6.45, 7) is 4.16. The summed E-state index contributed by atoms with van der Waals surface area (Å²) in [6.07, 6.45) is 1.81. The number of nitrogens with zero attached hydrogens (tertiary/aromatic N) is 1. The van der Waals surface area contributed by atoms with Crippen molar-refractivity contribution in [2.75, 3.05) is 26.7 Å². The van der Waals surface area contributed by atoms with E-state index >= 15 is 0 Å². The molecule has 1 aliphatic heterocycles. The topological polar surface area (TPSA) is 97.4 Å². The van der Waals surface area contributed by atoms with Gasteiger partial charge < -0.3 is 10.1 Å². The fourth-order valence-electron chi connectivity index (χ4n) is 2.20. The van der Waals surface area contributed by atoms with Gasteiger partial charge in [-0.1, -0.05) is 6.92 Å². The molecule has 1 fully saturated rings. The quantitative estimate of drug-likeness (QED) is 0.766. The zero-order chi connectivity index (χ0) is 15.5. The van der Waals surface area contributed by atoms with Crippen LogP contribution in [0.4, 0.5) is 0 Å². The van der Waals surface area contributed by atoms with Gasteiger partial charge in [0.1, 0.15) is 0 Å². The number of sulfonamides is 1. The Balaban J connectivity index is 2.12. The Kier molecular flexibility index (Phi) is 4.97. The number of nitrogens with one attached hydrogen (secondary N) is 2. The highest BCUT2D eigenvalue weighted by atomic mass is 32.2. The third-order valence-electron chi connectivity index (χ3n) is 3.66. The van der Waals surface area contributed by atoms with Gasteiger partial charge in [0.05, 0.1) is 12.6 Å². The maximum Gasteiger partial charge on any atom is 0.358 e. The number of aromatic nitrogens is 1. The second-order valence-corrected chi connectivity index (χ2v) is 8.18. The molecule has 9 heteroatoms. The van der Waals surface area contributed by atoms with Gasteiger partial charge in [-0.15, -0.1) is 11.3 Å². The van der Waals surface area contributed by atoms with E-state index in [0.29, 0.717) is 6.54 Å². The van der Waals surface area contributed by atoms with Crippen LogP contribution in [0, 0.1) is 5.41 Å². The lowest BCUT2D eigenvalue weighted by atomic mass is 9.81. The van der Waals surface area contributed by atoms with Crippen LogP contribution >= 0.6 is 11.3 Å². The van der Waals surface area contributed by atoms with Crippen LogP contribution in [-0.4, -0.2) is 46.1 Å². The SMILES string of the molecule is COC(=O)c1ncsc1S(=O)(=O)NCC1(C)CCNCC1. The lowest BCUT2D eigenvalue weighted by molar-refractivity contribution is 0.0590. The summed E-state index contributed by atoms with van der Waals surface area (Å²) in [7, 11) is -2.56.